The highest BCUT2D eigenvalue weighted by atomic mass is 15.1. The minimum atomic E-state index is -0.442. The topological polar surface area (TPSA) is 17.8 Å². The first-order valence-electron chi connectivity index (χ1n) is 10.6. The molecule has 1 aliphatic heterocycles. The van der Waals surface area contributed by atoms with Crippen molar-refractivity contribution in [3.05, 3.63) is 131 Å². The summed E-state index contributed by atoms with van der Waals surface area (Å²) in [6.45, 7) is 2.21. The Kier molecular flexibility index (Phi) is 3.69. The fourth-order valence-electron chi connectivity index (χ4n) is 5.08. The number of nitrogens with zero attached hydrogens (tertiary/aromatic N) is 2. The molecule has 4 aromatic carbocycles. The van der Waals surface area contributed by atoms with Crippen LogP contribution in [-0.2, 0) is 11.8 Å². The minimum absolute atomic E-state index is 0.442. The van der Waals surface area contributed by atoms with Crippen molar-refractivity contribution in [3.63, 3.8) is 0 Å². The number of para-hydroxylation sites is 3. The Hall–Kier alpha value is -3.65. The lowest BCUT2D eigenvalue weighted by Gasteiger charge is -2.31. The van der Waals surface area contributed by atoms with Crippen LogP contribution in [0.1, 0.15) is 35.0 Å². The third kappa shape index (κ3) is 2.16. The van der Waals surface area contributed by atoms with Crippen molar-refractivity contribution in [3.8, 4) is 5.69 Å². The zero-order chi connectivity index (χ0) is 20.1. The van der Waals surface area contributed by atoms with Crippen LogP contribution in [-0.4, -0.2) is 9.55 Å². The molecule has 0 aliphatic carbocycles. The molecule has 0 amide bonds. The fourth-order valence-corrected chi connectivity index (χ4v) is 5.08. The van der Waals surface area contributed by atoms with Gasteiger partial charge in [-0.05, 0) is 46.9 Å². The van der Waals surface area contributed by atoms with Crippen LogP contribution in [0.25, 0.3) is 16.7 Å². The summed E-state index contributed by atoms with van der Waals surface area (Å²) in [5, 5.41) is 0. The molecule has 0 spiro atoms. The maximum atomic E-state index is 5.23. The second-order valence-electron chi connectivity index (χ2n) is 7.95. The Morgan fingerprint density at radius 1 is 0.733 bits per heavy atom. The molecule has 0 N–H and O–H groups in total. The molecule has 0 fully saturated rings. The Morgan fingerprint density at radius 3 is 2.33 bits per heavy atom. The van der Waals surface area contributed by atoms with E-state index in [2.05, 4.69) is 115 Å². The van der Waals surface area contributed by atoms with Gasteiger partial charge in [-0.1, -0.05) is 91.9 Å². The maximum absolute atomic E-state index is 5.23. The van der Waals surface area contributed by atoms with Gasteiger partial charge in [-0.3, -0.25) is 4.57 Å². The Bertz CT molecular complexity index is 1380. The van der Waals surface area contributed by atoms with Crippen LogP contribution in [0.4, 0.5) is 0 Å². The van der Waals surface area contributed by atoms with Crippen LogP contribution >= 0.6 is 0 Å². The molecule has 0 radical (unpaired) electrons. The van der Waals surface area contributed by atoms with E-state index in [1.54, 1.807) is 0 Å². The van der Waals surface area contributed by atoms with E-state index in [9.17, 15) is 0 Å². The number of imidazole rings is 1. The summed E-state index contributed by atoms with van der Waals surface area (Å²) in [7, 11) is 0. The van der Waals surface area contributed by atoms with E-state index in [-0.39, 0.29) is 0 Å². The van der Waals surface area contributed by atoms with E-state index in [1.165, 1.54) is 27.9 Å². The first-order chi connectivity index (χ1) is 14.8. The summed E-state index contributed by atoms with van der Waals surface area (Å²) in [4.78, 5) is 5.23. The number of rotatable bonds is 3. The number of hydrogen-bond acceptors (Lipinski definition) is 1. The fraction of sp³-hybridized carbons (Fsp3) is 0.107. The summed E-state index contributed by atoms with van der Waals surface area (Å²) in [6, 6.07) is 37.1. The van der Waals surface area contributed by atoms with Crippen LogP contribution in [0.3, 0.4) is 0 Å². The first kappa shape index (κ1) is 17.2. The van der Waals surface area contributed by atoms with Gasteiger partial charge in [0.1, 0.15) is 11.2 Å². The van der Waals surface area contributed by atoms with Gasteiger partial charge in [-0.15, -0.1) is 0 Å². The lowest BCUT2D eigenvalue weighted by atomic mass is 9.69. The van der Waals surface area contributed by atoms with Crippen LogP contribution < -0.4 is 0 Å². The Labute approximate surface area is 176 Å². The highest BCUT2D eigenvalue weighted by molar-refractivity contribution is 5.83. The molecule has 5 aromatic rings. The van der Waals surface area contributed by atoms with E-state index in [0.717, 1.165) is 23.3 Å². The number of aryl methyl sites for hydroxylation is 1. The van der Waals surface area contributed by atoms with Gasteiger partial charge in [-0.25, -0.2) is 4.98 Å². The minimum Gasteiger partial charge on any atom is -0.295 e. The molecule has 6 rings (SSSR count). The van der Waals surface area contributed by atoms with Gasteiger partial charge < -0.3 is 0 Å². The number of fused-ring (bicyclic) bond motifs is 5. The van der Waals surface area contributed by atoms with Gasteiger partial charge in [0, 0.05) is 0 Å². The van der Waals surface area contributed by atoms with E-state index < -0.39 is 5.41 Å². The van der Waals surface area contributed by atoms with Crippen molar-refractivity contribution in [2.75, 3.05) is 0 Å². The van der Waals surface area contributed by atoms with E-state index in [0.29, 0.717) is 0 Å². The summed E-state index contributed by atoms with van der Waals surface area (Å²) < 4.78 is 2.36. The molecule has 1 aliphatic rings. The molecule has 1 unspecified atom stereocenters. The summed E-state index contributed by atoms with van der Waals surface area (Å²) in [5.41, 5.74) is 8.12. The normalized spacial score (nSPS) is 17.1. The average Bonchev–Trinajstić information content (AvgIpc) is 3.33. The molecule has 30 heavy (non-hydrogen) atoms. The van der Waals surface area contributed by atoms with Crippen LogP contribution in [0.15, 0.2) is 103 Å². The quantitative estimate of drug-likeness (QED) is 0.350. The van der Waals surface area contributed by atoms with Crippen molar-refractivity contribution in [1.29, 1.82) is 0 Å². The number of hydrogen-bond donors (Lipinski definition) is 0. The molecule has 2 heteroatoms. The number of benzene rings is 4. The average molecular weight is 386 g/mol. The molecular weight excluding hydrogens is 364 g/mol. The van der Waals surface area contributed by atoms with Gasteiger partial charge in [0.15, 0.2) is 0 Å². The lowest BCUT2D eigenvalue weighted by Crippen LogP contribution is -2.29. The highest BCUT2D eigenvalue weighted by Crippen LogP contribution is 2.52. The van der Waals surface area contributed by atoms with Crippen molar-refractivity contribution in [2.24, 2.45) is 0 Å². The van der Waals surface area contributed by atoms with Crippen molar-refractivity contribution in [2.45, 2.75) is 18.8 Å². The smallest absolute Gasteiger partial charge is 0.134 e. The monoisotopic (exact) mass is 386 g/mol. The Balaban J connectivity index is 1.82. The molecule has 2 nitrogen and oxygen atoms in total. The second kappa shape index (κ2) is 6.43. The van der Waals surface area contributed by atoms with Gasteiger partial charge in [-0.2, -0.15) is 0 Å². The predicted molar refractivity (Wildman–Crippen MR) is 122 cm³/mol. The van der Waals surface area contributed by atoms with Gasteiger partial charge in [0.2, 0.25) is 0 Å². The summed E-state index contributed by atoms with van der Waals surface area (Å²) in [5.74, 6) is 1.07. The van der Waals surface area contributed by atoms with E-state index in [4.69, 9.17) is 4.98 Å². The molecule has 144 valence electrons. The van der Waals surface area contributed by atoms with Crippen molar-refractivity contribution in [1.82, 2.24) is 9.55 Å². The molecule has 0 bridgehead atoms. The molecule has 0 saturated carbocycles. The molecular formula is C28H22N2. The molecule has 1 aromatic heterocycles. The maximum Gasteiger partial charge on any atom is 0.134 e. The number of aromatic nitrogens is 2. The zero-order valence-electron chi connectivity index (χ0n) is 16.9. The van der Waals surface area contributed by atoms with E-state index >= 15 is 0 Å². The first-order valence-corrected chi connectivity index (χ1v) is 10.6. The predicted octanol–water partition coefficient (Wildman–Crippen LogP) is 6.28. The third-order valence-electron chi connectivity index (χ3n) is 6.42. The van der Waals surface area contributed by atoms with Crippen LogP contribution in [0.2, 0.25) is 0 Å². The van der Waals surface area contributed by atoms with Crippen molar-refractivity contribution >= 4 is 11.0 Å². The molecule has 0 saturated heterocycles. The van der Waals surface area contributed by atoms with E-state index in [1.807, 2.05) is 0 Å². The van der Waals surface area contributed by atoms with Crippen molar-refractivity contribution < 1.29 is 0 Å². The molecule has 1 atom stereocenters. The van der Waals surface area contributed by atoms with Crippen LogP contribution in [0, 0.1) is 0 Å². The zero-order valence-corrected chi connectivity index (χ0v) is 16.9. The summed E-state index contributed by atoms with van der Waals surface area (Å²) in [6.07, 6.45) is 1.01. The third-order valence-corrected chi connectivity index (χ3v) is 6.42. The lowest BCUT2D eigenvalue weighted by molar-refractivity contribution is 0.716. The summed E-state index contributed by atoms with van der Waals surface area (Å²) >= 11 is 0. The van der Waals surface area contributed by atoms with Crippen LogP contribution in [0.5, 0.6) is 0 Å². The van der Waals surface area contributed by atoms with Gasteiger partial charge >= 0.3 is 0 Å². The molecule has 2 heterocycles. The SMILES string of the molecule is CCc1cccc(C2(c3ccccc3)c3ccccc3-n3c2nc2ccccc23)c1. The largest absolute Gasteiger partial charge is 0.295 e. The standard InChI is InChI=1S/C28H22N2/c1-2-20-11-10-14-22(19-20)28(21-12-4-3-5-13-21)23-15-6-8-17-25(23)30-26-18-9-7-16-24(26)29-27(28)30/h3-19H,2H2,1H3. The van der Waals surface area contributed by atoms with Gasteiger partial charge in [0.25, 0.3) is 0 Å². The highest BCUT2D eigenvalue weighted by Gasteiger charge is 2.48. The Morgan fingerprint density at radius 2 is 1.47 bits per heavy atom. The van der Waals surface area contributed by atoms with Gasteiger partial charge in [0.05, 0.1) is 16.7 Å². The second-order valence-corrected chi connectivity index (χ2v) is 7.95.